The predicted octanol–water partition coefficient (Wildman–Crippen LogP) is 4.24. The third kappa shape index (κ3) is 2.39. The number of nitrogens with one attached hydrogen (secondary N) is 1. The van der Waals surface area contributed by atoms with Crippen LogP contribution in [-0.4, -0.2) is 17.1 Å². The lowest BCUT2D eigenvalue weighted by atomic mass is 10.2. The minimum absolute atomic E-state index is 0.149. The number of rotatable bonds is 3. The lowest BCUT2D eigenvalue weighted by molar-refractivity contribution is 0.386. The molecule has 0 bridgehead atoms. The van der Waals surface area contributed by atoms with Crippen molar-refractivity contribution in [1.29, 1.82) is 0 Å². The molecule has 20 heavy (non-hydrogen) atoms. The van der Waals surface area contributed by atoms with Gasteiger partial charge in [-0.15, -0.1) is 11.3 Å². The van der Waals surface area contributed by atoms with Crippen molar-refractivity contribution in [2.24, 2.45) is 0 Å². The highest BCUT2D eigenvalue weighted by Crippen LogP contribution is 2.29. The molecule has 1 N–H and O–H groups in total. The number of thiophene rings is 1. The van der Waals surface area contributed by atoms with Crippen molar-refractivity contribution in [3.63, 3.8) is 0 Å². The number of ether oxygens (including phenoxy) is 1. The van der Waals surface area contributed by atoms with E-state index in [-0.39, 0.29) is 11.0 Å². The average molecular weight is 310 g/mol. The highest BCUT2D eigenvalue weighted by molar-refractivity contribution is 7.16. The van der Waals surface area contributed by atoms with Crippen molar-refractivity contribution in [3.05, 3.63) is 40.7 Å². The minimum Gasteiger partial charge on any atom is -0.494 e. The molecular weight excluding hydrogens is 301 g/mol. The highest BCUT2D eigenvalue weighted by atomic mass is 35.5. The van der Waals surface area contributed by atoms with Gasteiger partial charge in [-0.05, 0) is 35.2 Å². The Labute approximate surface area is 123 Å². The van der Waals surface area contributed by atoms with Gasteiger partial charge in [-0.25, -0.2) is 9.37 Å². The number of fused-ring (bicyclic) bond motifs is 1. The Balaban J connectivity index is 2.00. The Morgan fingerprint density at radius 3 is 2.90 bits per heavy atom. The fraction of sp³-hybridized carbons (Fsp3) is 0.0769. The number of methoxy groups -OCH3 is 1. The molecule has 0 aliphatic heterocycles. The van der Waals surface area contributed by atoms with Crippen LogP contribution in [0.1, 0.15) is 0 Å². The minimum atomic E-state index is -0.445. The van der Waals surface area contributed by atoms with Crippen LogP contribution in [0.2, 0.25) is 5.28 Å². The summed E-state index contributed by atoms with van der Waals surface area (Å²) in [6.07, 6.45) is 0. The van der Waals surface area contributed by atoms with Crippen LogP contribution >= 0.6 is 22.9 Å². The standard InChI is InChI=1S/C13H9ClFN3OS/c1-19-10-3-2-7(6-9(10)15)16-11-8-4-5-20-12(8)18-13(14)17-11/h2-6H,1H3,(H,16,17,18). The van der Waals surface area contributed by atoms with Gasteiger partial charge in [-0.2, -0.15) is 4.98 Å². The first-order valence-corrected chi connectivity index (χ1v) is 6.94. The zero-order chi connectivity index (χ0) is 14.1. The van der Waals surface area contributed by atoms with E-state index in [0.717, 1.165) is 10.2 Å². The van der Waals surface area contributed by atoms with Crippen molar-refractivity contribution in [2.75, 3.05) is 12.4 Å². The van der Waals surface area contributed by atoms with Crippen LogP contribution in [0.25, 0.3) is 10.2 Å². The number of nitrogens with zero attached hydrogens (tertiary/aromatic N) is 2. The van der Waals surface area contributed by atoms with Gasteiger partial charge in [0, 0.05) is 11.8 Å². The van der Waals surface area contributed by atoms with Crippen LogP contribution < -0.4 is 10.1 Å². The maximum absolute atomic E-state index is 13.7. The van der Waals surface area contributed by atoms with E-state index in [0.29, 0.717) is 11.5 Å². The molecule has 2 heterocycles. The number of benzene rings is 1. The number of aromatic nitrogens is 2. The molecule has 4 nitrogen and oxygen atoms in total. The lowest BCUT2D eigenvalue weighted by Gasteiger charge is -2.08. The van der Waals surface area contributed by atoms with Gasteiger partial charge in [0.25, 0.3) is 0 Å². The van der Waals surface area contributed by atoms with Crippen molar-refractivity contribution in [2.45, 2.75) is 0 Å². The van der Waals surface area contributed by atoms with Gasteiger partial charge in [-0.3, -0.25) is 0 Å². The Hall–Kier alpha value is -1.92. The van der Waals surface area contributed by atoms with Crippen LogP contribution in [0.4, 0.5) is 15.9 Å². The SMILES string of the molecule is COc1ccc(Nc2nc(Cl)nc3sccc23)cc1F. The third-order valence-corrected chi connectivity index (χ3v) is 3.69. The second kappa shape index (κ2) is 5.22. The van der Waals surface area contributed by atoms with Gasteiger partial charge in [-0.1, -0.05) is 0 Å². The van der Waals surface area contributed by atoms with Crippen molar-refractivity contribution in [3.8, 4) is 5.75 Å². The second-order valence-corrected chi connectivity index (χ2v) is 5.19. The normalized spacial score (nSPS) is 10.8. The molecular formula is C13H9ClFN3OS. The highest BCUT2D eigenvalue weighted by Gasteiger charge is 2.09. The Morgan fingerprint density at radius 1 is 1.30 bits per heavy atom. The summed E-state index contributed by atoms with van der Waals surface area (Å²) in [6.45, 7) is 0. The monoisotopic (exact) mass is 309 g/mol. The van der Waals surface area contributed by atoms with Crippen molar-refractivity contribution >= 4 is 44.7 Å². The first kappa shape index (κ1) is 13.1. The molecule has 7 heteroatoms. The Morgan fingerprint density at radius 2 is 2.15 bits per heavy atom. The van der Waals surface area contributed by atoms with Gasteiger partial charge in [0.2, 0.25) is 5.28 Å². The fourth-order valence-electron chi connectivity index (χ4n) is 1.81. The van der Waals surface area contributed by atoms with Gasteiger partial charge < -0.3 is 10.1 Å². The van der Waals surface area contributed by atoms with Crippen LogP contribution in [0.15, 0.2) is 29.6 Å². The summed E-state index contributed by atoms with van der Waals surface area (Å²) in [5.41, 5.74) is 0.561. The molecule has 0 aliphatic rings. The molecule has 0 radical (unpaired) electrons. The fourth-order valence-corrected chi connectivity index (χ4v) is 2.79. The molecule has 0 saturated carbocycles. The first-order valence-electron chi connectivity index (χ1n) is 5.68. The summed E-state index contributed by atoms with van der Waals surface area (Å²) in [5.74, 6) is 0.294. The second-order valence-electron chi connectivity index (χ2n) is 3.95. The molecule has 1 aromatic carbocycles. The van der Waals surface area contributed by atoms with E-state index in [1.807, 2.05) is 11.4 Å². The molecule has 0 amide bonds. The molecule has 0 unspecified atom stereocenters. The summed E-state index contributed by atoms with van der Waals surface area (Å²) >= 11 is 7.34. The van der Waals surface area contributed by atoms with Crippen LogP contribution in [-0.2, 0) is 0 Å². The van der Waals surface area contributed by atoms with E-state index in [1.165, 1.54) is 24.5 Å². The van der Waals surface area contributed by atoms with Crippen molar-refractivity contribution < 1.29 is 9.13 Å². The molecule has 0 spiro atoms. The quantitative estimate of drug-likeness (QED) is 0.735. The number of anilines is 2. The molecule has 102 valence electrons. The maximum Gasteiger partial charge on any atom is 0.225 e. The van der Waals surface area contributed by atoms with E-state index < -0.39 is 5.82 Å². The number of hydrogen-bond donors (Lipinski definition) is 1. The van der Waals surface area contributed by atoms with E-state index in [2.05, 4.69) is 15.3 Å². The summed E-state index contributed by atoms with van der Waals surface area (Å²) in [4.78, 5) is 9.04. The van der Waals surface area contributed by atoms with Gasteiger partial charge in [0.05, 0.1) is 12.5 Å². The van der Waals surface area contributed by atoms with E-state index in [1.54, 1.807) is 12.1 Å². The zero-order valence-corrected chi connectivity index (χ0v) is 11.9. The van der Waals surface area contributed by atoms with E-state index in [9.17, 15) is 4.39 Å². The lowest BCUT2D eigenvalue weighted by Crippen LogP contribution is -1.97. The summed E-state index contributed by atoms with van der Waals surface area (Å²) in [6, 6.07) is 6.48. The number of halogens is 2. The molecule has 2 aromatic heterocycles. The third-order valence-electron chi connectivity index (χ3n) is 2.71. The largest absolute Gasteiger partial charge is 0.494 e. The molecule has 3 rings (SSSR count). The Bertz CT molecular complexity index is 777. The van der Waals surface area contributed by atoms with E-state index in [4.69, 9.17) is 16.3 Å². The topological polar surface area (TPSA) is 47.0 Å². The zero-order valence-electron chi connectivity index (χ0n) is 10.4. The molecule has 0 fully saturated rings. The maximum atomic E-state index is 13.7. The van der Waals surface area contributed by atoms with Crippen molar-refractivity contribution in [1.82, 2.24) is 9.97 Å². The van der Waals surface area contributed by atoms with Crippen LogP contribution in [0.5, 0.6) is 5.75 Å². The average Bonchev–Trinajstić information content (AvgIpc) is 2.87. The molecule has 0 aliphatic carbocycles. The van der Waals surface area contributed by atoms with Crippen LogP contribution in [0.3, 0.4) is 0 Å². The van der Waals surface area contributed by atoms with Gasteiger partial charge >= 0.3 is 0 Å². The number of hydrogen-bond acceptors (Lipinski definition) is 5. The molecule has 0 saturated heterocycles. The predicted molar refractivity (Wildman–Crippen MR) is 78.7 cm³/mol. The molecule has 0 atom stereocenters. The summed E-state index contributed by atoms with van der Waals surface area (Å²) in [5, 5.41) is 5.93. The van der Waals surface area contributed by atoms with Crippen LogP contribution in [0, 0.1) is 5.82 Å². The van der Waals surface area contributed by atoms with Gasteiger partial charge in [0.15, 0.2) is 11.6 Å². The Kier molecular flexibility index (Phi) is 3.42. The van der Waals surface area contributed by atoms with E-state index >= 15 is 0 Å². The summed E-state index contributed by atoms with van der Waals surface area (Å²) in [7, 11) is 1.42. The molecule has 3 aromatic rings. The van der Waals surface area contributed by atoms with Gasteiger partial charge in [0.1, 0.15) is 10.6 Å². The summed E-state index contributed by atoms with van der Waals surface area (Å²) < 4.78 is 18.5. The first-order chi connectivity index (χ1) is 9.67. The smallest absolute Gasteiger partial charge is 0.225 e.